The molecular weight excluding hydrogens is 240 g/mol. The third-order valence-corrected chi connectivity index (χ3v) is 3.92. The van der Waals surface area contributed by atoms with E-state index < -0.39 is 0 Å². The first kappa shape index (κ1) is 12.9. The van der Waals surface area contributed by atoms with Crippen molar-refractivity contribution in [2.24, 2.45) is 0 Å². The summed E-state index contributed by atoms with van der Waals surface area (Å²) >= 11 is 0. The molecule has 0 heterocycles. The van der Waals surface area contributed by atoms with Crippen LogP contribution in [-0.2, 0) is 6.42 Å². The van der Waals surface area contributed by atoms with Gasteiger partial charge in [0.25, 0.3) is 0 Å². The summed E-state index contributed by atoms with van der Waals surface area (Å²) in [6, 6.07) is 17.6. The van der Waals surface area contributed by atoms with Crippen LogP contribution in [0, 0.1) is 0 Å². The topological polar surface area (TPSA) is 0 Å². The van der Waals surface area contributed by atoms with Crippen LogP contribution >= 0.6 is 0 Å². The van der Waals surface area contributed by atoms with Gasteiger partial charge in [-0.3, -0.25) is 0 Å². The Kier molecular flexibility index (Phi) is 3.56. The lowest BCUT2D eigenvalue weighted by Crippen LogP contribution is -1.92. The van der Waals surface area contributed by atoms with Crippen molar-refractivity contribution in [2.45, 2.75) is 26.7 Å². The second kappa shape index (κ2) is 5.50. The molecule has 0 aliphatic heterocycles. The summed E-state index contributed by atoms with van der Waals surface area (Å²) in [6.45, 7) is 4.34. The van der Waals surface area contributed by atoms with Crippen LogP contribution in [0.5, 0.6) is 0 Å². The van der Waals surface area contributed by atoms with Crippen molar-refractivity contribution in [3.8, 4) is 0 Å². The molecule has 0 radical (unpaired) electrons. The van der Waals surface area contributed by atoms with Crippen LogP contribution in [0.2, 0.25) is 0 Å². The molecule has 3 aromatic rings. The van der Waals surface area contributed by atoms with Gasteiger partial charge in [-0.05, 0) is 46.0 Å². The van der Waals surface area contributed by atoms with Crippen molar-refractivity contribution in [3.63, 3.8) is 0 Å². The average Bonchev–Trinajstić information content (AvgIpc) is 2.50. The molecule has 100 valence electrons. The van der Waals surface area contributed by atoms with Gasteiger partial charge < -0.3 is 0 Å². The van der Waals surface area contributed by atoms with E-state index in [1.807, 2.05) is 0 Å². The van der Waals surface area contributed by atoms with Crippen molar-refractivity contribution in [3.05, 3.63) is 65.7 Å². The summed E-state index contributed by atoms with van der Waals surface area (Å²) in [6.07, 6.45) is 6.68. The van der Waals surface area contributed by atoms with E-state index in [1.165, 1.54) is 39.1 Å². The highest BCUT2D eigenvalue weighted by atomic mass is 14.1. The molecule has 0 atom stereocenters. The third-order valence-electron chi connectivity index (χ3n) is 3.92. The maximum atomic E-state index is 2.26. The summed E-state index contributed by atoms with van der Waals surface area (Å²) in [7, 11) is 0. The van der Waals surface area contributed by atoms with E-state index in [0.29, 0.717) is 0 Å². The molecule has 0 nitrogen and oxygen atoms in total. The maximum absolute atomic E-state index is 2.26. The molecule has 0 bridgehead atoms. The monoisotopic (exact) mass is 260 g/mol. The Morgan fingerprint density at radius 2 is 1.30 bits per heavy atom. The minimum absolute atomic E-state index is 1.14. The number of benzene rings is 3. The van der Waals surface area contributed by atoms with Crippen molar-refractivity contribution >= 4 is 27.6 Å². The Morgan fingerprint density at radius 1 is 0.800 bits per heavy atom. The smallest absolute Gasteiger partial charge is 0.0102 e. The summed E-state index contributed by atoms with van der Waals surface area (Å²) in [5.74, 6) is 0. The van der Waals surface area contributed by atoms with Crippen LogP contribution in [0.1, 0.15) is 31.4 Å². The highest BCUT2D eigenvalue weighted by molar-refractivity contribution is 6.09. The predicted molar refractivity (Wildman–Crippen MR) is 90.2 cm³/mol. The van der Waals surface area contributed by atoms with Gasteiger partial charge in [0, 0.05) is 0 Å². The largest absolute Gasteiger partial charge is 0.0870 e. The molecule has 0 N–H and O–H groups in total. The first-order valence-electron chi connectivity index (χ1n) is 7.41. The molecule has 3 aromatic carbocycles. The molecule has 0 saturated carbocycles. The van der Waals surface area contributed by atoms with Crippen molar-refractivity contribution in [1.82, 2.24) is 0 Å². The van der Waals surface area contributed by atoms with Gasteiger partial charge in [-0.15, -0.1) is 0 Å². The highest BCUT2D eigenvalue weighted by Crippen LogP contribution is 2.34. The first-order chi connectivity index (χ1) is 9.86. The van der Waals surface area contributed by atoms with E-state index in [2.05, 4.69) is 74.5 Å². The fraction of sp³-hybridized carbons (Fsp3) is 0.200. The van der Waals surface area contributed by atoms with Crippen LogP contribution in [0.25, 0.3) is 27.6 Å². The van der Waals surface area contributed by atoms with E-state index >= 15 is 0 Å². The lowest BCUT2D eigenvalue weighted by molar-refractivity contribution is 0.936. The van der Waals surface area contributed by atoms with Crippen LogP contribution in [0.15, 0.2) is 54.6 Å². The van der Waals surface area contributed by atoms with Gasteiger partial charge in [0.2, 0.25) is 0 Å². The van der Waals surface area contributed by atoms with Crippen LogP contribution < -0.4 is 0 Å². The lowest BCUT2D eigenvalue weighted by atomic mass is 9.90. The zero-order chi connectivity index (χ0) is 13.9. The molecule has 0 spiro atoms. The standard InChI is InChI=1S/C20H20/c1-3-9-15-17-11-5-7-13-19(17)16(10-4-2)20-14-8-6-12-18(15)20/h3,5-9,11-14H,4,10H2,1-2H3/b9-3-. The normalized spacial score (nSPS) is 11.7. The Hall–Kier alpha value is -2.08. The third kappa shape index (κ3) is 2.02. The highest BCUT2D eigenvalue weighted by Gasteiger charge is 2.10. The zero-order valence-corrected chi connectivity index (χ0v) is 12.2. The maximum Gasteiger partial charge on any atom is -0.0102 e. The summed E-state index contributed by atoms with van der Waals surface area (Å²) in [4.78, 5) is 0. The molecule has 0 heteroatoms. The van der Waals surface area contributed by atoms with Gasteiger partial charge in [-0.2, -0.15) is 0 Å². The van der Waals surface area contributed by atoms with Crippen molar-refractivity contribution in [2.75, 3.05) is 0 Å². The van der Waals surface area contributed by atoms with E-state index in [0.717, 1.165) is 6.42 Å². The number of hydrogen-bond acceptors (Lipinski definition) is 0. The molecule has 0 amide bonds. The van der Waals surface area contributed by atoms with Gasteiger partial charge in [0.05, 0.1) is 0 Å². The van der Waals surface area contributed by atoms with Gasteiger partial charge in [0.15, 0.2) is 0 Å². The number of aryl methyl sites for hydroxylation is 1. The van der Waals surface area contributed by atoms with E-state index in [-0.39, 0.29) is 0 Å². The van der Waals surface area contributed by atoms with Gasteiger partial charge in [-0.25, -0.2) is 0 Å². The second-order valence-electron chi connectivity index (χ2n) is 5.23. The molecule has 0 aromatic heterocycles. The number of allylic oxidation sites excluding steroid dienone is 1. The predicted octanol–water partition coefficient (Wildman–Crippen LogP) is 5.98. The molecular formula is C20H20. The summed E-state index contributed by atoms with van der Waals surface area (Å²) in [5, 5.41) is 5.54. The Balaban J connectivity index is 2.54. The summed E-state index contributed by atoms with van der Waals surface area (Å²) in [5.41, 5.74) is 2.84. The van der Waals surface area contributed by atoms with Gasteiger partial charge >= 0.3 is 0 Å². The lowest BCUT2D eigenvalue weighted by Gasteiger charge is -2.14. The zero-order valence-electron chi connectivity index (χ0n) is 12.2. The van der Waals surface area contributed by atoms with E-state index in [1.54, 1.807) is 0 Å². The number of hydrogen-bond donors (Lipinski definition) is 0. The Bertz CT molecular complexity index is 721. The fourth-order valence-electron chi connectivity index (χ4n) is 3.12. The van der Waals surface area contributed by atoms with E-state index in [4.69, 9.17) is 0 Å². The Morgan fingerprint density at radius 3 is 1.75 bits per heavy atom. The first-order valence-corrected chi connectivity index (χ1v) is 7.41. The number of fused-ring (bicyclic) bond motifs is 2. The fourth-order valence-corrected chi connectivity index (χ4v) is 3.12. The molecule has 0 fully saturated rings. The molecule has 0 unspecified atom stereocenters. The average molecular weight is 260 g/mol. The van der Waals surface area contributed by atoms with Crippen LogP contribution in [0.3, 0.4) is 0 Å². The van der Waals surface area contributed by atoms with Crippen molar-refractivity contribution in [1.29, 1.82) is 0 Å². The van der Waals surface area contributed by atoms with E-state index in [9.17, 15) is 0 Å². The molecule has 3 rings (SSSR count). The summed E-state index contributed by atoms with van der Waals surface area (Å²) < 4.78 is 0. The number of rotatable bonds is 3. The van der Waals surface area contributed by atoms with Crippen molar-refractivity contribution < 1.29 is 0 Å². The molecule has 0 saturated heterocycles. The molecule has 0 aliphatic rings. The molecule has 20 heavy (non-hydrogen) atoms. The second-order valence-corrected chi connectivity index (χ2v) is 5.23. The van der Waals surface area contributed by atoms with Crippen LogP contribution in [0.4, 0.5) is 0 Å². The van der Waals surface area contributed by atoms with Gasteiger partial charge in [0.1, 0.15) is 0 Å². The minimum Gasteiger partial charge on any atom is -0.0870 e. The van der Waals surface area contributed by atoms with Gasteiger partial charge in [-0.1, -0.05) is 74.0 Å². The quantitative estimate of drug-likeness (QED) is 0.508. The Labute approximate surface area is 120 Å². The minimum atomic E-state index is 1.14. The molecule has 0 aliphatic carbocycles. The van der Waals surface area contributed by atoms with Crippen LogP contribution in [-0.4, -0.2) is 0 Å². The SMILES string of the molecule is C/C=C\c1c2ccccc2c(CCC)c2ccccc12.